The summed E-state index contributed by atoms with van der Waals surface area (Å²) in [5.74, 6) is -2.26. The van der Waals surface area contributed by atoms with E-state index in [1.807, 2.05) is 0 Å². The first-order valence-corrected chi connectivity index (χ1v) is 8.25. The van der Waals surface area contributed by atoms with Gasteiger partial charge in [-0.05, 0) is 19.8 Å². The van der Waals surface area contributed by atoms with E-state index in [9.17, 15) is 29.9 Å². The van der Waals surface area contributed by atoms with Crippen LogP contribution in [-0.2, 0) is 9.53 Å². The molecule has 1 aliphatic heterocycles. The molecule has 0 bridgehead atoms. The molecule has 1 atom stereocenters. The summed E-state index contributed by atoms with van der Waals surface area (Å²) in [4.78, 5) is 35.0. The molecule has 1 unspecified atom stereocenters. The number of phenols is 2. The summed E-state index contributed by atoms with van der Waals surface area (Å²) in [5, 5.41) is 36.0. The molecule has 0 saturated heterocycles. The number of esters is 1. The number of aromatic hydroxyl groups is 2. The van der Waals surface area contributed by atoms with Gasteiger partial charge in [0.05, 0.1) is 22.6 Å². The summed E-state index contributed by atoms with van der Waals surface area (Å²) < 4.78 is 5.25. The van der Waals surface area contributed by atoms with Crippen LogP contribution in [0.25, 0.3) is 0 Å². The van der Waals surface area contributed by atoms with Gasteiger partial charge in [0.2, 0.25) is 0 Å². The average molecular weight is 379 g/mol. The molecule has 1 aromatic carbocycles. The van der Waals surface area contributed by atoms with Gasteiger partial charge in [-0.2, -0.15) is 0 Å². The fraction of sp³-hybridized carbons (Fsp3) is 0.412. The quantitative estimate of drug-likeness (QED) is 0.348. The predicted octanol–water partition coefficient (Wildman–Crippen LogP) is 2.22. The number of nitrogens with one attached hydrogen (secondary N) is 2. The maximum absolute atomic E-state index is 12.7. The highest BCUT2D eigenvalue weighted by Crippen LogP contribution is 2.40. The Balaban J connectivity index is 2.70. The highest BCUT2D eigenvalue weighted by Gasteiger charge is 2.37. The van der Waals surface area contributed by atoms with E-state index in [4.69, 9.17) is 4.74 Å². The van der Waals surface area contributed by atoms with Crippen LogP contribution in [0.15, 0.2) is 23.4 Å². The lowest BCUT2D eigenvalue weighted by Gasteiger charge is -2.31. The molecule has 1 aliphatic rings. The molecule has 1 aromatic rings. The van der Waals surface area contributed by atoms with E-state index in [1.54, 1.807) is 27.7 Å². The number of ether oxygens (including phenoxy) is 1. The van der Waals surface area contributed by atoms with Crippen LogP contribution in [0.1, 0.15) is 39.3 Å². The summed E-state index contributed by atoms with van der Waals surface area (Å²) in [7, 11) is 0. The fourth-order valence-electron chi connectivity index (χ4n) is 2.74. The van der Waals surface area contributed by atoms with Crippen LogP contribution in [0.5, 0.6) is 11.5 Å². The number of amides is 2. The molecular formula is C17H21N3O7. The Morgan fingerprint density at radius 1 is 1.22 bits per heavy atom. The van der Waals surface area contributed by atoms with E-state index < -0.39 is 46.3 Å². The Morgan fingerprint density at radius 2 is 1.85 bits per heavy atom. The minimum atomic E-state index is -1.19. The molecule has 0 aromatic heterocycles. The fourth-order valence-corrected chi connectivity index (χ4v) is 2.74. The largest absolute Gasteiger partial charge is 0.507 e. The Morgan fingerprint density at radius 3 is 2.37 bits per heavy atom. The van der Waals surface area contributed by atoms with Gasteiger partial charge < -0.3 is 25.6 Å². The van der Waals surface area contributed by atoms with Gasteiger partial charge in [-0.1, -0.05) is 13.8 Å². The molecule has 0 spiro atoms. The molecule has 0 fully saturated rings. The Hall–Kier alpha value is -3.30. The van der Waals surface area contributed by atoms with Crippen molar-refractivity contribution in [3.63, 3.8) is 0 Å². The van der Waals surface area contributed by atoms with Gasteiger partial charge in [-0.15, -0.1) is 0 Å². The first-order valence-electron chi connectivity index (χ1n) is 8.25. The van der Waals surface area contributed by atoms with Gasteiger partial charge in [0, 0.05) is 23.4 Å². The molecule has 4 N–H and O–H groups in total. The van der Waals surface area contributed by atoms with Crippen molar-refractivity contribution in [3.8, 4) is 11.5 Å². The Bertz CT molecular complexity index is 830. The number of carbonyl (C=O) groups is 2. The number of nitro groups is 1. The van der Waals surface area contributed by atoms with Crippen molar-refractivity contribution in [1.82, 2.24) is 10.6 Å². The predicted molar refractivity (Wildman–Crippen MR) is 93.9 cm³/mol. The van der Waals surface area contributed by atoms with E-state index in [2.05, 4.69) is 10.6 Å². The van der Waals surface area contributed by atoms with Crippen LogP contribution >= 0.6 is 0 Å². The lowest BCUT2D eigenvalue weighted by Crippen LogP contribution is -2.47. The monoisotopic (exact) mass is 379 g/mol. The third-order valence-electron chi connectivity index (χ3n) is 3.87. The second kappa shape index (κ2) is 7.52. The van der Waals surface area contributed by atoms with E-state index in [0.29, 0.717) is 0 Å². The summed E-state index contributed by atoms with van der Waals surface area (Å²) in [6.07, 6.45) is -0.445. The molecule has 0 radical (unpaired) electrons. The topological polar surface area (TPSA) is 151 Å². The smallest absolute Gasteiger partial charge is 0.338 e. The van der Waals surface area contributed by atoms with Gasteiger partial charge >= 0.3 is 17.7 Å². The van der Waals surface area contributed by atoms with Crippen molar-refractivity contribution in [2.75, 3.05) is 0 Å². The number of rotatable bonds is 5. The van der Waals surface area contributed by atoms with Gasteiger partial charge in [0.1, 0.15) is 5.75 Å². The SMILES string of the molecule is CC(C)OC(=O)C1=C(C(C)C)NC(=O)NC1c1cc([N+](=O)[O-])c(O)cc1O. The number of benzene rings is 1. The molecule has 1 heterocycles. The van der Waals surface area contributed by atoms with Crippen LogP contribution in [0, 0.1) is 16.0 Å². The van der Waals surface area contributed by atoms with E-state index in [1.165, 1.54) is 0 Å². The highest BCUT2D eigenvalue weighted by atomic mass is 16.6. The molecular weight excluding hydrogens is 358 g/mol. The van der Waals surface area contributed by atoms with E-state index in [0.717, 1.165) is 12.1 Å². The Kier molecular flexibility index (Phi) is 5.58. The minimum Gasteiger partial charge on any atom is -0.507 e. The maximum Gasteiger partial charge on any atom is 0.338 e. The third-order valence-corrected chi connectivity index (χ3v) is 3.87. The number of nitro benzene ring substituents is 1. The summed E-state index contributed by atoms with van der Waals surface area (Å²) in [6, 6.07) is -0.120. The zero-order valence-electron chi connectivity index (χ0n) is 15.3. The molecule has 0 saturated carbocycles. The first-order chi connectivity index (χ1) is 12.5. The van der Waals surface area contributed by atoms with Gasteiger partial charge in [-0.3, -0.25) is 10.1 Å². The molecule has 10 heteroatoms. The van der Waals surface area contributed by atoms with Crippen LogP contribution in [0.3, 0.4) is 0 Å². The van der Waals surface area contributed by atoms with Crippen molar-refractivity contribution in [2.45, 2.75) is 39.8 Å². The summed E-state index contributed by atoms with van der Waals surface area (Å²) >= 11 is 0. The van der Waals surface area contributed by atoms with Crippen molar-refractivity contribution >= 4 is 17.7 Å². The number of nitrogens with zero attached hydrogens (tertiary/aromatic N) is 1. The first kappa shape index (κ1) is 20.0. The molecule has 146 valence electrons. The summed E-state index contributed by atoms with van der Waals surface area (Å²) in [5.41, 5.74) is -0.473. The number of phenolic OH excluding ortho intramolecular Hbond substituents is 2. The standard InChI is InChI=1S/C17H21N3O7/c1-7(2)14-13(16(23)27-8(3)4)15(19-17(24)18-14)9-5-10(20(25)26)12(22)6-11(9)21/h5-8,15,21-22H,1-4H3,(H2,18,19,24). The Labute approximate surface area is 155 Å². The van der Waals surface area contributed by atoms with Crippen molar-refractivity contribution in [1.29, 1.82) is 0 Å². The number of urea groups is 1. The number of carbonyl (C=O) groups excluding carboxylic acids is 2. The van der Waals surface area contributed by atoms with Crippen LogP contribution in [0.4, 0.5) is 10.5 Å². The zero-order chi connectivity index (χ0) is 20.5. The zero-order valence-corrected chi connectivity index (χ0v) is 15.3. The second-order valence-corrected chi connectivity index (χ2v) is 6.62. The lowest BCUT2D eigenvalue weighted by atomic mass is 9.90. The number of hydrogen-bond acceptors (Lipinski definition) is 7. The summed E-state index contributed by atoms with van der Waals surface area (Å²) in [6.45, 7) is 6.81. The van der Waals surface area contributed by atoms with E-state index in [-0.39, 0.29) is 22.8 Å². The van der Waals surface area contributed by atoms with Crippen molar-refractivity contribution in [2.24, 2.45) is 5.92 Å². The second-order valence-electron chi connectivity index (χ2n) is 6.62. The van der Waals surface area contributed by atoms with E-state index >= 15 is 0 Å². The molecule has 27 heavy (non-hydrogen) atoms. The molecule has 10 nitrogen and oxygen atoms in total. The third kappa shape index (κ3) is 4.10. The van der Waals surface area contributed by atoms with Gasteiger partial charge in [0.25, 0.3) is 0 Å². The maximum atomic E-state index is 12.7. The normalized spacial score (nSPS) is 17.0. The highest BCUT2D eigenvalue weighted by molar-refractivity contribution is 5.95. The van der Waals surface area contributed by atoms with Crippen LogP contribution in [-0.4, -0.2) is 33.2 Å². The van der Waals surface area contributed by atoms with Crippen molar-refractivity contribution in [3.05, 3.63) is 39.1 Å². The number of hydrogen-bond donors (Lipinski definition) is 4. The molecule has 2 amide bonds. The van der Waals surface area contributed by atoms with Crippen molar-refractivity contribution < 1.29 is 29.5 Å². The van der Waals surface area contributed by atoms with Gasteiger partial charge in [0.15, 0.2) is 5.75 Å². The van der Waals surface area contributed by atoms with Gasteiger partial charge in [-0.25, -0.2) is 9.59 Å². The number of allylic oxidation sites excluding steroid dienone is 1. The minimum absolute atomic E-state index is 0.0218. The lowest BCUT2D eigenvalue weighted by molar-refractivity contribution is -0.386. The average Bonchev–Trinajstić information content (AvgIpc) is 2.52. The molecule has 2 rings (SSSR count). The van der Waals surface area contributed by atoms with Crippen LogP contribution < -0.4 is 10.6 Å². The van der Waals surface area contributed by atoms with Crippen LogP contribution in [0.2, 0.25) is 0 Å². The molecule has 0 aliphatic carbocycles.